The number of nitrogens with one attached hydrogen (secondary N) is 1. The molecule has 0 radical (unpaired) electrons. The molecule has 26 heavy (non-hydrogen) atoms. The van der Waals surface area contributed by atoms with Crippen LogP contribution < -0.4 is 10.6 Å². The minimum Gasteiger partial charge on any atom is -0.846 e. The molecule has 13 heteroatoms. The van der Waals surface area contributed by atoms with Gasteiger partial charge in [-0.05, 0) is 13.0 Å². The van der Waals surface area contributed by atoms with E-state index in [0.717, 1.165) is 8.90 Å². The molecule has 0 saturated carbocycles. The van der Waals surface area contributed by atoms with E-state index in [1.54, 1.807) is 0 Å². The van der Waals surface area contributed by atoms with E-state index in [2.05, 4.69) is 9.97 Å². The monoisotopic (exact) mass is 386 g/mol. The van der Waals surface area contributed by atoms with Crippen LogP contribution in [0.4, 0.5) is 0 Å². The Kier molecular flexibility index (Phi) is 4.97. The van der Waals surface area contributed by atoms with Crippen molar-refractivity contribution in [3.05, 3.63) is 36.0 Å². The van der Waals surface area contributed by atoms with Gasteiger partial charge in [-0.1, -0.05) is 0 Å². The zero-order chi connectivity index (χ0) is 19.1. The van der Waals surface area contributed by atoms with Gasteiger partial charge in [0, 0.05) is 18.6 Å². The molecule has 2 aromatic rings. The van der Waals surface area contributed by atoms with Crippen molar-refractivity contribution in [1.82, 2.24) is 18.9 Å². The van der Waals surface area contributed by atoms with Crippen LogP contribution >= 0.6 is 7.75 Å². The lowest BCUT2D eigenvalue weighted by molar-refractivity contribution is -0.292. The molecule has 3 heterocycles. The molecular weight excluding hydrogens is 369 g/mol. The van der Waals surface area contributed by atoms with Crippen LogP contribution in [0.5, 0.6) is 6.01 Å². The summed E-state index contributed by atoms with van der Waals surface area (Å²) in [7, 11) is -4.27. The van der Waals surface area contributed by atoms with Crippen molar-refractivity contribution in [3.63, 3.8) is 0 Å². The second-order valence-electron chi connectivity index (χ2n) is 5.65. The first-order valence-electron chi connectivity index (χ1n) is 7.51. The van der Waals surface area contributed by atoms with Crippen molar-refractivity contribution in [2.45, 2.75) is 31.5 Å². The van der Waals surface area contributed by atoms with Gasteiger partial charge in [0.2, 0.25) is 0 Å². The minimum atomic E-state index is -4.27. The lowest BCUT2D eigenvalue weighted by Gasteiger charge is -2.23. The number of nitrogens with zero attached hydrogens (tertiary/aromatic N) is 4. The van der Waals surface area contributed by atoms with Crippen molar-refractivity contribution in [3.8, 4) is 6.01 Å². The van der Waals surface area contributed by atoms with Crippen LogP contribution in [0, 0.1) is 12.3 Å². The van der Waals surface area contributed by atoms with Gasteiger partial charge >= 0.3 is 7.75 Å². The van der Waals surface area contributed by atoms with E-state index < -0.39 is 44.9 Å². The van der Waals surface area contributed by atoms with Gasteiger partial charge in [0.15, 0.2) is 6.23 Å². The molecule has 0 aliphatic carbocycles. The van der Waals surface area contributed by atoms with Gasteiger partial charge in [-0.25, -0.2) is 18.9 Å². The molecule has 3 rings (SSSR count). The van der Waals surface area contributed by atoms with Gasteiger partial charge in [-0.3, -0.25) is 9.93 Å². The predicted molar refractivity (Wildman–Crippen MR) is 81.6 cm³/mol. The molecule has 2 aromatic heterocycles. The summed E-state index contributed by atoms with van der Waals surface area (Å²) < 4.78 is 24.5. The van der Waals surface area contributed by atoms with Gasteiger partial charge in [-0.15, -0.1) is 0 Å². The quantitative estimate of drug-likeness (QED) is 0.432. The molecule has 4 N–H and O–H groups in total. The van der Waals surface area contributed by atoms with Crippen LogP contribution in [0.15, 0.2) is 24.7 Å². The Morgan fingerprint density at radius 3 is 2.77 bits per heavy atom. The van der Waals surface area contributed by atoms with Crippen molar-refractivity contribution in [1.29, 1.82) is 5.41 Å². The smallest absolute Gasteiger partial charge is 0.437 e. The molecule has 1 unspecified atom stereocenters. The van der Waals surface area contributed by atoms with E-state index >= 15 is 0 Å². The van der Waals surface area contributed by atoms with E-state index in [9.17, 15) is 24.8 Å². The molecular formula is C13H17N5O7P-. The highest BCUT2D eigenvalue weighted by Gasteiger charge is 2.44. The Morgan fingerprint density at radius 1 is 1.42 bits per heavy atom. The van der Waals surface area contributed by atoms with Gasteiger partial charge in [0.05, 0.1) is 12.6 Å². The summed E-state index contributed by atoms with van der Waals surface area (Å²) in [5.74, 6) is 0.259. The summed E-state index contributed by atoms with van der Waals surface area (Å²) >= 11 is 0. The van der Waals surface area contributed by atoms with Gasteiger partial charge in [0.25, 0.3) is 0 Å². The SMILES string of the molecule is Cc1nccn1P(=O)(O)OC[C@H]1O[C@@H](n2ccc(=N)nc2[O-])[C@H](O)[C@@H]1O. The third-order valence-electron chi connectivity index (χ3n) is 3.92. The van der Waals surface area contributed by atoms with Crippen molar-refractivity contribution < 1.29 is 34.0 Å². The molecule has 0 amide bonds. The van der Waals surface area contributed by atoms with Crippen LogP contribution in [0.25, 0.3) is 0 Å². The number of hydrogen-bond donors (Lipinski definition) is 4. The number of aliphatic hydroxyl groups is 2. The normalized spacial score (nSPS) is 28.2. The summed E-state index contributed by atoms with van der Waals surface area (Å²) in [5.41, 5.74) is -0.254. The van der Waals surface area contributed by atoms with Crippen LogP contribution in [0.1, 0.15) is 12.1 Å². The summed E-state index contributed by atoms with van der Waals surface area (Å²) in [6.07, 6.45) is -1.59. The number of aryl methyl sites for hydroxylation is 1. The molecule has 0 aromatic carbocycles. The molecule has 1 saturated heterocycles. The number of imidazole rings is 1. The van der Waals surface area contributed by atoms with E-state index in [4.69, 9.17) is 14.7 Å². The van der Waals surface area contributed by atoms with Crippen LogP contribution in [-0.2, 0) is 13.8 Å². The Morgan fingerprint density at radius 2 is 2.15 bits per heavy atom. The van der Waals surface area contributed by atoms with Crippen molar-refractivity contribution in [2.75, 3.05) is 6.61 Å². The van der Waals surface area contributed by atoms with Crippen LogP contribution in [-0.4, -0.2) is 58.9 Å². The number of rotatable bonds is 5. The van der Waals surface area contributed by atoms with E-state index in [-0.39, 0.29) is 11.3 Å². The van der Waals surface area contributed by atoms with Crippen molar-refractivity contribution >= 4 is 7.75 Å². The van der Waals surface area contributed by atoms with Gasteiger partial charge < -0.3 is 29.5 Å². The molecule has 1 aliphatic heterocycles. The van der Waals surface area contributed by atoms with Crippen molar-refractivity contribution in [2.24, 2.45) is 0 Å². The molecule has 5 atom stereocenters. The lowest BCUT2D eigenvalue weighted by Crippen LogP contribution is -2.34. The fourth-order valence-electron chi connectivity index (χ4n) is 2.57. The molecule has 0 bridgehead atoms. The maximum absolute atomic E-state index is 12.3. The predicted octanol–water partition coefficient (Wildman–Crippen LogP) is -1.77. The second-order valence-corrected chi connectivity index (χ2v) is 7.32. The maximum Gasteiger partial charge on any atom is 0.437 e. The third-order valence-corrected chi connectivity index (χ3v) is 5.37. The Hall–Kier alpha value is -2.08. The molecule has 1 fully saturated rings. The average molecular weight is 386 g/mol. The first-order chi connectivity index (χ1) is 12.2. The second kappa shape index (κ2) is 6.91. The highest BCUT2D eigenvalue weighted by atomic mass is 31.2. The Balaban J connectivity index is 1.73. The van der Waals surface area contributed by atoms with E-state index in [0.29, 0.717) is 0 Å². The number of hydrogen-bond acceptors (Lipinski definition) is 9. The Bertz CT molecular complexity index is 899. The standard InChI is InChI=1S/C13H18N5O7P/c1-7-15-3-5-18(7)26(22,23)24-6-8-10(19)11(20)12(25-8)17-4-2-9(14)16-13(17)21/h2-5,8,10-12,19-20H,6H2,1H3,(H,22,23)(H2,14,16,21)/p-1/t8-,10-,11-,12-/m1/s1. The van der Waals surface area contributed by atoms with Gasteiger partial charge in [-0.2, -0.15) is 0 Å². The molecule has 12 nitrogen and oxygen atoms in total. The zero-order valence-electron chi connectivity index (χ0n) is 13.5. The molecule has 142 valence electrons. The first kappa shape index (κ1) is 18.7. The third kappa shape index (κ3) is 3.43. The highest BCUT2D eigenvalue weighted by Crippen LogP contribution is 2.45. The number of ether oxygens (including phenoxy) is 1. The Labute approximate surface area is 147 Å². The fraction of sp³-hybridized carbons (Fsp3) is 0.462. The number of aliphatic hydroxyl groups excluding tert-OH is 2. The minimum absolute atomic E-state index is 0.254. The largest absolute Gasteiger partial charge is 0.846 e. The molecule has 0 spiro atoms. The van der Waals surface area contributed by atoms with Gasteiger partial charge in [0.1, 0.15) is 29.6 Å². The number of aromatic nitrogens is 4. The van der Waals surface area contributed by atoms with Crippen LogP contribution in [0.2, 0.25) is 0 Å². The van der Waals surface area contributed by atoms with E-state index in [1.165, 1.54) is 31.6 Å². The van der Waals surface area contributed by atoms with Crippen LogP contribution in [0.3, 0.4) is 0 Å². The lowest BCUT2D eigenvalue weighted by atomic mass is 10.1. The summed E-state index contributed by atoms with van der Waals surface area (Å²) in [6, 6.07) is 0.384. The summed E-state index contributed by atoms with van der Waals surface area (Å²) in [4.78, 5) is 17.2. The average Bonchev–Trinajstić information content (AvgIpc) is 3.12. The maximum atomic E-state index is 12.3. The highest BCUT2D eigenvalue weighted by molar-refractivity contribution is 7.51. The summed E-state index contributed by atoms with van der Waals surface area (Å²) in [6.45, 7) is 1.00. The fourth-order valence-corrected chi connectivity index (χ4v) is 3.69. The summed E-state index contributed by atoms with van der Waals surface area (Å²) in [5, 5.41) is 39.3. The topological polar surface area (TPSA) is 179 Å². The van der Waals surface area contributed by atoms with E-state index in [1.807, 2.05) is 0 Å². The zero-order valence-corrected chi connectivity index (χ0v) is 14.4. The first-order valence-corrected chi connectivity index (χ1v) is 9.04. The molecule has 1 aliphatic rings.